The molecule has 152 valence electrons. The molecule has 0 aromatic carbocycles. The topological polar surface area (TPSA) is 90.9 Å². The predicted molar refractivity (Wildman–Crippen MR) is 105 cm³/mol. The van der Waals surface area contributed by atoms with E-state index in [1.165, 1.54) is 0 Å². The second-order valence-corrected chi connectivity index (χ2v) is 10.2. The summed E-state index contributed by atoms with van der Waals surface area (Å²) in [6, 6.07) is 0. The minimum Gasteiger partial charge on any atom is -0.459 e. The van der Waals surface area contributed by atoms with Crippen molar-refractivity contribution < 1.29 is 28.6 Å². The highest BCUT2D eigenvalue weighted by Crippen LogP contribution is 2.42. The van der Waals surface area contributed by atoms with Gasteiger partial charge in [-0.3, -0.25) is 14.4 Å². The van der Waals surface area contributed by atoms with Gasteiger partial charge in [0.2, 0.25) is 0 Å². The van der Waals surface area contributed by atoms with Crippen molar-refractivity contribution in [1.82, 2.24) is 5.32 Å². The Bertz CT molecular complexity index is 601. The molecule has 0 aromatic rings. The van der Waals surface area contributed by atoms with Gasteiger partial charge in [-0.25, -0.2) is 0 Å². The molecule has 3 rings (SSSR count). The molecule has 1 saturated carbocycles. The van der Waals surface area contributed by atoms with Gasteiger partial charge in [0.05, 0.1) is 11.8 Å². The molecule has 1 aliphatic carbocycles. The van der Waals surface area contributed by atoms with Crippen molar-refractivity contribution in [2.75, 3.05) is 13.1 Å². The number of alkyl halides is 1. The van der Waals surface area contributed by atoms with Crippen molar-refractivity contribution in [3.05, 3.63) is 0 Å². The normalized spacial score (nSPS) is 32.5. The van der Waals surface area contributed by atoms with Gasteiger partial charge >= 0.3 is 17.9 Å². The smallest absolute Gasteiger partial charge is 0.319 e. The summed E-state index contributed by atoms with van der Waals surface area (Å²) < 4.78 is 16.5. The molecule has 2 saturated heterocycles. The predicted octanol–water partition coefficient (Wildman–Crippen LogP) is 1.99. The Labute approximate surface area is 173 Å². The molecule has 2 aliphatic heterocycles. The van der Waals surface area contributed by atoms with Gasteiger partial charge in [-0.15, -0.1) is 0 Å². The zero-order chi connectivity index (χ0) is 19.8. The molecule has 8 heteroatoms. The Kier molecular flexibility index (Phi) is 6.34. The first-order valence-electron chi connectivity index (χ1n) is 9.67. The Morgan fingerprint density at radius 2 is 1.93 bits per heavy atom. The molecule has 1 N–H and O–H groups in total. The van der Waals surface area contributed by atoms with Crippen LogP contribution in [-0.4, -0.2) is 52.7 Å². The van der Waals surface area contributed by atoms with E-state index in [2.05, 4.69) is 5.32 Å². The van der Waals surface area contributed by atoms with E-state index in [4.69, 9.17) is 14.2 Å². The summed E-state index contributed by atoms with van der Waals surface area (Å²) in [6.45, 7) is 7.45. The maximum Gasteiger partial charge on any atom is 0.319 e. The van der Waals surface area contributed by atoms with Crippen LogP contribution in [0.4, 0.5) is 0 Å². The number of hydrogen-bond acceptors (Lipinski definition) is 7. The monoisotopic (exact) mass is 493 g/mol. The van der Waals surface area contributed by atoms with E-state index in [0.717, 1.165) is 25.9 Å². The number of hydrogen-bond donors (Lipinski definition) is 1. The molecule has 3 aliphatic rings. The highest BCUT2D eigenvalue weighted by Gasteiger charge is 2.54. The van der Waals surface area contributed by atoms with Gasteiger partial charge in [-0.2, -0.15) is 0 Å². The van der Waals surface area contributed by atoms with E-state index in [-0.39, 0.29) is 34.2 Å². The summed E-state index contributed by atoms with van der Waals surface area (Å²) >= 11 is 1.98. The lowest BCUT2D eigenvalue weighted by Gasteiger charge is -2.38. The number of carbonyl (C=O) groups excluding carboxylic acids is 3. The first-order chi connectivity index (χ1) is 12.7. The molecule has 7 nitrogen and oxygen atoms in total. The lowest BCUT2D eigenvalue weighted by Crippen LogP contribution is -2.46. The van der Waals surface area contributed by atoms with E-state index < -0.39 is 29.6 Å². The van der Waals surface area contributed by atoms with Gasteiger partial charge in [0.15, 0.2) is 0 Å². The number of piperidine rings is 1. The Balaban J connectivity index is 1.69. The van der Waals surface area contributed by atoms with Gasteiger partial charge in [-0.05, 0) is 46.7 Å². The number of rotatable bonds is 5. The molecular weight excluding hydrogens is 465 g/mol. The summed E-state index contributed by atoms with van der Waals surface area (Å²) in [4.78, 5) is 37.2. The van der Waals surface area contributed by atoms with Crippen LogP contribution in [0.5, 0.6) is 0 Å². The lowest BCUT2D eigenvalue weighted by atomic mass is 9.78. The van der Waals surface area contributed by atoms with Gasteiger partial charge in [0, 0.05) is 18.8 Å². The summed E-state index contributed by atoms with van der Waals surface area (Å²) in [7, 11) is 0. The van der Waals surface area contributed by atoms with E-state index in [1.807, 2.05) is 36.4 Å². The fourth-order valence-electron chi connectivity index (χ4n) is 4.32. The van der Waals surface area contributed by atoms with Gasteiger partial charge in [0.25, 0.3) is 0 Å². The summed E-state index contributed by atoms with van der Waals surface area (Å²) in [5.74, 6) is -1.97. The fourth-order valence-corrected chi connectivity index (χ4v) is 4.46. The van der Waals surface area contributed by atoms with Crippen LogP contribution >= 0.6 is 22.6 Å². The molecule has 5 atom stereocenters. The van der Waals surface area contributed by atoms with Crippen molar-refractivity contribution in [3.63, 3.8) is 0 Å². The summed E-state index contributed by atoms with van der Waals surface area (Å²) in [5.41, 5.74) is -0.596. The second kappa shape index (κ2) is 8.23. The first-order valence-corrected chi connectivity index (χ1v) is 10.9. The molecule has 2 bridgehead atoms. The number of carbonyl (C=O) groups is 3. The number of esters is 3. The number of ether oxygens (including phenoxy) is 3. The van der Waals surface area contributed by atoms with Crippen LogP contribution in [0.2, 0.25) is 0 Å². The maximum atomic E-state index is 13.0. The largest absolute Gasteiger partial charge is 0.459 e. The maximum absolute atomic E-state index is 13.0. The molecule has 0 radical (unpaired) electrons. The lowest BCUT2D eigenvalue weighted by molar-refractivity contribution is -0.175. The standard InChI is InChI=1S/C19H28INO6/c1-10(20)16(22)25-14-9-13(12-8-15(14)26-17(12)23)18(24)27-19(2,3)11-4-6-21-7-5-11/h10-15,21H,4-9H2,1-3H3. The SMILES string of the molecule is CC(I)C(=O)OC1CC(C(=O)OC(C)(C)C2CCNCC2)C2CC1OC2=O. The molecule has 5 unspecified atom stereocenters. The van der Waals surface area contributed by atoms with Crippen LogP contribution in [0.25, 0.3) is 0 Å². The van der Waals surface area contributed by atoms with Crippen LogP contribution in [0, 0.1) is 17.8 Å². The van der Waals surface area contributed by atoms with Crippen LogP contribution in [-0.2, 0) is 28.6 Å². The molecular formula is C19H28INO6. The molecule has 27 heavy (non-hydrogen) atoms. The van der Waals surface area contributed by atoms with Crippen molar-refractivity contribution in [3.8, 4) is 0 Å². The van der Waals surface area contributed by atoms with Crippen LogP contribution in [0.15, 0.2) is 0 Å². The molecule has 2 heterocycles. The van der Waals surface area contributed by atoms with Crippen LogP contribution in [0.3, 0.4) is 0 Å². The average molecular weight is 493 g/mol. The number of halogens is 1. The minimum atomic E-state index is -0.625. The second-order valence-electron chi connectivity index (χ2n) is 8.30. The van der Waals surface area contributed by atoms with Crippen molar-refractivity contribution in [2.24, 2.45) is 17.8 Å². The van der Waals surface area contributed by atoms with Crippen molar-refractivity contribution >= 4 is 40.5 Å². The van der Waals surface area contributed by atoms with Gasteiger partial charge in [0.1, 0.15) is 21.7 Å². The fraction of sp³-hybridized carbons (Fsp3) is 0.842. The van der Waals surface area contributed by atoms with Crippen LogP contribution in [0.1, 0.15) is 46.5 Å². The number of fused-ring (bicyclic) bond motifs is 2. The van der Waals surface area contributed by atoms with Crippen molar-refractivity contribution in [1.29, 1.82) is 0 Å². The molecule has 3 fully saturated rings. The highest BCUT2D eigenvalue weighted by atomic mass is 127. The van der Waals surface area contributed by atoms with Crippen molar-refractivity contribution in [2.45, 2.75) is 68.2 Å². The Hall–Kier alpha value is -0.900. The zero-order valence-corrected chi connectivity index (χ0v) is 18.2. The summed E-state index contributed by atoms with van der Waals surface area (Å²) in [6.07, 6.45) is 1.54. The van der Waals surface area contributed by atoms with Crippen LogP contribution < -0.4 is 5.32 Å². The van der Waals surface area contributed by atoms with E-state index in [9.17, 15) is 14.4 Å². The van der Waals surface area contributed by atoms with E-state index in [0.29, 0.717) is 6.42 Å². The third-order valence-electron chi connectivity index (χ3n) is 6.02. The molecule has 0 spiro atoms. The van der Waals surface area contributed by atoms with Gasteiger partial charge in [-0.1, -0.05) is 22.6 Å². The van der Waals surface area contributed by atoms with Gasteiger partial charge < -0.3 is 19.5 Å². The number of nitrogens with one attached hydrogen (secondary N) is 1. The quantitative estimate of drug-likeness (QED) is 0.271. The molecule has 0 amide bonds. The zero-order valence-electron chi connectivity index (χ0n) is 16.0. The third kappa shape index (κ3) is 4.58. The Morgan fingerprint density at radius 1 is 1.26 bits per heavy atom. The average Bonchev–Trinajstić information content (AvgIpc) is 2.94. The third-order valence-corrected chi connectivity index (χ3v) is 6.53. The minimum absolute atomic E-state index is 0.275. The van der Waals surface area contributed by atoms with E-state index >= 15 is 0 Å². The Morgan fingerprint density at radius 3 is 2.56 bits per heavy atom. The molecule has 0 aromatic heterocycles. The first kappa shape index (κ1) is 20.8. The van der Waals surface area contributed by atoms with E-state index in [1.54, 1.807) is 6.92 Å². The summed E-state index contributed by atoms with van der Waals surface area (Å²) in [5, 5.41) is 3.31. The highest BCUT2D eigenvalue weighted by molar-refractivity contribution is 14.1.